The number of rotatable bonds is 6. The molecule has 0 saturated heterocycles. The molecule has 0 aliphatic heterocycles. The van der Waals surface area contributed by atoms with E-state index in [0.717, 1.165) is 21.9 Å². The van der Waals surface area contributed by atoms with Crippen molar-refractivity contribution in [2.24, 2.45) is 5.73 Å². The van der Waals surface area contributed by atoms with Crippen molar-refractivity contribution in [3.63, 3.8) is 0 Å². The maximum absolute atomic E-state index is 13.4. The Bertz CT molecular complexity index is 1090. The normalized spacial score (nSPS) is 11.5. The van der Waals surface area contributed by atoms with Crippen LogP contribution in [0.2, 0.25) is 0 Å². The summed E-state index contributed by atoms with van der Waals surface area (Å²) >= 11 is 0. The van der Waals surface area contributed by atoms with Gasteiger partial charge < -0.3 is 5.73 Å². The van der Waals surface area contributed by atoms with Crippen LogP contribution in [0.25, 0.3) is 10.8 Å². The van der Waals surface area contributed by atoms with Gasteiger partial charge in [-0.3, -0.25) is 9.10 Å². The molecule has 140 valence electrons. The number of hydrogen-bond acceptors (Lipinski definition) is 3. The van der Waals surface area contributed by atoms with Crippen LogP contribution in [0.5, 0.6) is 0 Å². The zero-order valence-corrected chi connectivity index (χ0v) is 16.2. The zero-order chi connectivity index (χ0) is 19.6. The standard InChI is InChI=1S/C21H22N2O3S/c1-15-11-16(2)13-19(12-15)23(10-9-21(22)24)27(25,26)20-8-7-17-5-3-4-6-18(17)14-20/h3-8,11-14H,9-10H2,1-2H3,(H2,22,24). The summed E-state index contributed by atoms with van der Waals surface area (Å²) in [6.07, 6.45) is -0.0558. The van der Waals surface area contributed by atoms with E-state index in [2.05, 4.69) is 0 Å². The molecule has 0 atom stereocenters. The first-order chi connectivity index (χ1) is 12.8. The van der Waals surface area contributed by atoms with Crippen molar-refractivity contribution < 1.29 is 13.2 Å². The highest BCUT2D eigenvalue weighted by Crippen LogP contribution is 2.28. The third kappa shape index (κ3) is 4.11. The maximum atomic E-state index is 13.4. The number of nitrogens with two attached hydrogens (primary N) is 1. The lowest BCUT2D eigenvalue weighted by atomic mass is 10.1. The fourth-order valence-corrected chi connectivity index (χ4v) is 4.63. The quantitative estimate of drug-likeness (QED) is 0.708. The van der Waals surface area contributed by atoms with Crippen LogP contribution in [0.3, 0.4) is 0 Å². The predicted octanol–water partition coefficient (Wildman–Crippen LogP) is 3.53. The van der Waals surface area contributed by atoms with Crippen molar-refractivity contribution in [3.8, 4) is 0 Å². The maximum Gasteiger partial charge on any atom is 0.264 e. The molecule has 1 amide bonds. The van der Waals surface area contributed by atoms with Crippen LogP contribution in [-0.2, 0) is 14.8 Å². The van der Waals surface area contributed by atoms with Crippen LogP contribution in [0.4, 0.5) is 5.69 Å². The highest BCUT2D eigenvalue weighted by molar-refractivity contribution is 7.92. The molecule has 5 nitrogen and oxygen atoms in total. The van der Waals surface area contributed by atoms with Gasteiger partial charge in [-0.15, -0.1) is 0 Å². The average molecular weight is 382 g/mol. The molecule has 27 heavy (non-hydrogen) atoms. The molecule has 0 saturated carbocycles. The van der Waals surface area contributed by atoms with Crippen LogP contribution in [0, 0.1) is 13.8 Å². The second-order valence-corrected chi connectivity index (χ2v) is 8.51. The lowest BCUT2D eigenvalue weighted by molar-refractivity contribution is -0.117. The van der Waals surface area contributed by atoms with Gasteiger partial charge in [0.05, 0.1) is 10.6 Å². The van der Waals surface area contributed by atoms with Gasteiger partial charge in [-0.2, -0.15) is 0 Å². The minimum Gasteiger partial charge on any atom is -0.370 e. The fourth-order valence-electron chi connectivity index (χ4n) is 3.15. The first-order valence-electron chi connectivity index (χ1n) is 8.65. The van der Waals surface area contributed by atoms with Crippen molar-refractivity contribution in [3.05, 3.63) is 71.8 Å². The van der Waals surface area contributed by atoms with E-state index in [1.807, 2.05) is 44.2 Å². The Morgan fingerprint density at radius 2 is 1.56 bits per heavy atom. The molecule has 0 aromatic heterocycles. The van der Waals surface area contributed by atoms with Crippen LogP contribution < -0.4 is 10.0 Å². The van der Waals surface area contributed by atoms with Crippen molar-refractivity contribution in [1.82, 2.24) is 0 Å². The summed E-state index contributed by atoms with van der Waals surface area (Å²) in [5.41, 5.74) is 7.70. The molecule has 0 radical (unpaired) electrons. The van der Waals surface area contributed by atoms with Gasteiger partial charge in [0.15, 0.2) is 0 Å². The van der Waals surface area contributed by atoms with Gasteiger partial charge in [-0.1, -0.05) is 36.4 Å². The molecule has 0 aliphatic carbocycles. The van der Waals surface area contributed by atoms with E-state index < -0.39 is 15.9 Å². The minimum atomic E-state index is -3.85. The first kappa shape index (κ1) is 18.9. The van der Waals surface area contributed by atoms with Crippen molar-refractivity contribution in [1.29, 1.82) is 0 Å². The Kier molecular flexibility index (Phi) is 5.19. The summed E-state index contributed by atoms with van der Waals surface area (Å²) in [5.74, 6) is -0.543. The number of benzene rings is 3. The molecule has 0 spiro atoms. The molecule has 0 heterocycles. The number of carbonyl (C=O) groups is 1. The minimum absolute atomic E-state index is 0.00656. The third-order valence-electron chi connectivity index (χ3n) is 4.36. The number of fused-ring (bicyclic) bond motifs is 1. The zero-order valence-electron chi connectivity index (χ0n) is 15.3. The van der Waals surface area contributed by atoms with Crippen LogP contribution in [0.15, 0.2) is 65.6 Å². The summed E-state index contributed by atoms with van der Waals surface area (Å²) < 4.78 is 28.0. The van der Waals surface area contributed by atoms with Crippen LogP contribution in [-0.4, -0.2) is 20.9 Å². The topological polar surface area (TPSA) is 80.5 Å². The van der Waals surface area contributed by atoms with Gasteiger partial charge in [-0.25, -0.2) is 8.42 Å². The van der Waals surface area contributed by atoms with Gasteiger partial charge in [0.1, 0.15) is 0 Å². The summed E-state index contributed by atoms with van der Waals surface area (Å²) in [6, 6.07) is 18.2. The molecule has 0 unspecified atom stereocenters. The Hall–Kier alpha value is -2.86. The molecule has 2 N–H and O–H groups in total. The molecule has 3 aromatic rings. The lowest BCUT2D eigenvalue weighted by Crippen LogP contribution is -2.34. The van der Waals surface area contributed by atoms with E-state index in [1.165, 1.54) is 4.31 Å². The number of amides is 1. The number of primary amides is 1. The van der Waals surface area contributed by atoms with Crippen LogP contribution in [0.1, 0.15) is 17.5 Å². The number of carbonyl (C=O) groups excluding carboxylic acids is 1. The highest BCUT2D eigenvalue weighted by Gasteiger charge is 2.26. The Morgan fingerprint density at radius 3 is 2.19 bits per heavy atom. The summed E-state index contributed by atoms with van der Waals surface area (Å²) in [4.78, 5) is 11.5. The second-order valence-electron chi connectivity index (χ2n) is 6.65. The molecule has 3 rings (SSSR count). The third-order valence-corrected chi connectivity index (χ3v) is 6.19. The number of anilines is 1. The SMILES string of the molecule is Cc1cc(C)cc(N(CCC(N)=O)S(=O)(=O)c2ccc3ccccc3c2)c1. The van der Waals surface area contributed by atoms with Gasteiger partial charge in [0.25, 0.3) is 10.0 Å². The Balaban J connectivity index is 2.11. The number of sulfonamides is 1. The summed E-state index contributed by atoms with van der Waals surface area (Å²) in [7, 11) is -3.85. The summed E-state index contributed by atoms with van der Waals surface area (Å²) in [6.45, 7) is 3.81. The monoisotopic (exact) mass is 382 g/mol. The second kappa shape index (κ2) is 7.40. The van der Waals surface area contributed by atoms with E-state index in [0.29, 0.717) is 5.69 Å². The Labute approximate surface area is 159 Å². The van der Waals surface area contributed by atoms with E-state index in [1.54, 1.807) is 30.3 Å². The summed E-state index contributed by atoms with van der Waals surface area (Å²) in [5, 5.41) is 1.81. The number of nitrogens with zero attached hydrogens (tertiary/aromatic N) is 1. The molecule has 0 aliphatic rings. The molecular weight excluding hydrogens is 360 g/mol. The molecule has 0 fully saturated rings. The Morgan fingerprint density at radius 1 is 0.926 bits per heavy atom. The molecule has 6 heteroatoms. The van der Waals surface area contributed by atoms with Gasteiger partial charge in [0.2, 0.25) is 5.91 Å². The first-order valence-corrected chi connectivity index (χ1v) is 10.1. The van der Waals surface area contributed by atoms with Crippen molar-refractivity contribution in [2.45, 2.75) is 25.2 Å². The molecule has 3 aromatic carbocycles. The van der Waals surface area contributed by atoms with E-state index >= 15 is 0 Å². The lowest BCUT2D eigenvalue weighted by Gasteiger charge is -2.25. The van der Waals surface area contributed by atoms with Crippen molar-refractivity contribution in [2.75, 3.05) is 10.8 Å². The highest BCUT2D eigenvalue weighted by atomic mass is 32.2. The average Bonchev–Trinajstić information content (AvgIpc) is 2.60. The predicted molar refractivity (Wildman–Crippen MR) is 108 cm³/mol. The van der Waals surface area contributed by atoms with Gasteiger partial charge >= 0.3 is 0 Å². The molecular formula is C21H22N2O3S. The smallest absolute Gasteiger partial charge is 0.264 e. The van der Waals surface area contributed by atoms with E-state index in [9.17, 15) is 13.2 Å². The largest absolute Gasteiger partial charge is 0.370 e. The fraction of sp³-hybridized carbons (Fsp3) is 0.190. The van der Waals surface area contributed by atoms with Gasteiger partial charge in [0, 0.05) is 13.0 Å². The van der Waals surface area contributed by atoms with E-state index in [4.69, 9.17) is 5.73 Å². The number of hydrogen-bond donors (Lipinski definition) is 1. The number of aryl methyl sites for hydroxylation is 2. The van der Waals surface area contributed by atoms with E-state index in [-0.39, 0.29) is 17.9 Å². The van der Waals surface area contributed by atoms with Gasteiger partial charge in [-0.05, 0) is 60.0 Å². The molecule has 0 bridgehead atoms. The van der Waals surface area contributed by atoms with Crippen LogP contribution >= 0.6 is 0 Å². The van der Waals surface area contributed by atoms with Crippen molar-refractivity contribution >= 4 is 32.4 Å².